The normalized spacial score (nSPS) is 18.0. The van der Waals surface area contributed by atoms with Crippen LogP contribution in [0.1, 0.15) is 22.7 Å². The van der Waals surface area contributed by atoms with Crippen LogP contribution >= 0.6 is 24.0 Å². The molecule has 0 amide bonds. The van der Waals surface area contributed by atoms with Crippen molar-refractivity contribution in [2.45, 2.75) is 18.9 Å². The smallest absolute Gasteiger partial charge is 0.168 e. The van der Waals surface area contributed by atoms with Gasteiger partial charge in [0.05, 0.1) is 7.11 Å². The van der Waals surface area contributed by atoms with Crippen LogP contribution in [0.3, 0.4) is 0 Å². The number of phenolic OH excluding ortho intramolecular Hbond substituents is 1. The molecule has 2 aromatic carbocycles. The highest BCUT2D eigenvalue weighted by molar-refractivity contribution is 6.30. The van der Waals surface area contributed by atoms with E-state index in [4.69, 9.17) is 16.3 Å². The van der Waals surface area contributed by atoms with Gasteiger partial charge in [0.1, 0.15) is 0 Å². The summed E-state index contributed by atoms with van der Waals surface area (Å²) in [5.41, 5.74) is 5.81. The van der Waals surface area contributed by atoms with Crippen molar-refractivity contribution in [2.24, 2.45) is 0 Å². The zero-order valence-corrected chi connectivity index (χ0v) is 13.7. The molecule has 2 aromatic rings. The van der Waals surface area contributed by atoms with Crippen LogP contribution in [-0.2, 0) is 12.8 Å². The molecule has 1 heterocycles. The molecule has 0 radical (unpaired) electrons. The van der Waals surface area contributed by atoms with Crippen molar-refractivity contribution in [1.29, 1.82) is 0 Å². The lowest BCUT2D eigenvalue weighted by Gasteiger charge is -2.35. The van der Waals surface area contributed by atoms with Crippen molar-refractivity contribution in [3.63, 3.8) is 0 Å². The molecule has 22 heavy (non-hydrogen) atoms. The Balaban J connectivity index is 0.00000144. The van der Waals surface area contributed by atoms with Crippen molar-refractivity contribution >= 4 is 24.0 Å². The first-order valence-corrected chi connectivity index (χ1v) is 7.51. The monoisotopic (exact) mass is 337 g/mol. The summed E-state index contributed by atoms with van der Waals surface area (Å²) in [6.45, 7) is 0.929. The highest BCUT2D eigenvalue weighted by atomic mass is 35.5. The number of phenols is 1. The molecule has 1 atom stereocenters. The molecule has 0 saturated heterocycles. The Morgan fingerprint density at radius 1 is 1.27 bits per heavy atom. The van der Waals surface area contributed by atoms with Crippen LogP contribution in [0.4, 0.5) is 0 Å². The van der Waals surface area contributed by atoms with Crippen molar-refractivity contribution in [2.75, 3.05) is 13.7 Å². The van der Waals surface area contributed by atoms with Gasteiger partial charge >= 0.3 is 0 Å². The average molecular weight is 338 g/mol. The molecule has 2 N–H and O–H groups in total. The molecule has 116 valence electrons. The second-order valence-corrected chi connectivity index (χ2v) is 6.08. The third kappa shape index (κ3) is 2.16. The number of rotatable bonds is 1. The topological polar surface area (TPSA) is 41.5 Å². The zero-order valence-electron chi connectivity index (χ0n) is 12.1. The van der Waals surface area contributed by atoms with Gasteiger partial charge in [0.15, 0.2) is 11.5 Å². The summed E-state index contributed by atoms with van der Waals surface area (Å²) in [6.07, 6.45) is 1.85. The van der Waals surface area contributed by atoms with Gasteiger partial charge < -0.3 is 15.2 Å². The summed E-state index contributed by atoms with van der Waals surface area (Å²) in [7, 11) is 1.60. The number of nitrogens with one attached hydrogen (secondary N) is 1. The minimum atomic E-state index is 0. The van der Waals surface area contributed by atoms with Gasteiger partial charge in [-0.25, -0.2) is 0 Å². The fraction of sp³-hybridized carbons (Fsp3) is 0.294. The maximum absolute atomic E-state index is 10.3. The fourth-order valence-electron chi connectivity index (χ4n) is 3.65. The van der Waals surface area contributed by atoms with Gasteiger partial charge in [-0.3, -0.25) is 0 Å². The first-order chi connectivity index (χ1) is 10.2. The Bertz CT molecular complexity index is 746. The summed E-state index contributed by atoms with van der Waals surface area (Å²) in [5, 5.41) is 14.6. The quantitative estimate of drug-likeness (QED) is 0.829. The van der Waals surface area contributed by atoms with E-state index in [0.29, 0.717) is 5.75 Å². The van der Waals surface area contributed by atoms with Crippen LogP contribution in [0.2, 0.25) is 5.02 Å². The molecule has 0 saturated carbocycles. The molecule has 1 aliphatic heterocycles. The minimum absolute atomic E-state index is 0. The van der Waals surface area contributed by atoms with Crippen LogP contribution in [0.25, 0.3) is 11.1 Å². The second-order valence-electron chi connectivity index (χ2n) is 5.64. The molecular weight excluding hydrogens is 321 g/mol. The van der Waals surface area contributed by atoms with E-state index in [1.54, 1.807) is 7.11 Å². The number of halogens is 2. The molecule has 3 nitrogen and oxygen atoms in total. The second kappa shape index (κ2) is 5.65. The van der Waals surface area contributed by atoms with Gasteiger partial charge in [-0.1, -0.05) is 17.7 Å². The van der Waals surface area contributed by atoms with E-state index in [1.807, 2.05) is 24.3 Å². The lowest BCUT2D eigenvalue weighted by atomic mass is 9.77. The number of hydrogen-bond acceptors (Lipinski definition) is 3. The number of fused-ring (bicyclic) bond motifs is 2. The van der Waals surface area contributed by atoms with Gasteiger partial charge in [0.2, 0.25) is 0 Å². The Morgan fingerprint density at radius 2 is 2.09 bits per heavy atom. The number of benzene rings is 2. The zero-order chi connectivity index (χ0) is 14.6. The van der Waals surface area contributed by atoms with Crippen LogP contribution < -0.4 is 10.1 Å². The van der Waals surface area contributed by atoms with E-state index in [-0.39, 0.29) is 24.2 Å². The number of aromatic hydroxyl groups is 1. The third-order valence-electron chi connectivity index (χ3n) is 4.48. The molecule has 1 unspecified atom stereocenters. The van der Waals surface area contributed by atoms with E-state index in [1.165, 1.54) is 16.7 Å². The lowest BCUT2D eigenvalue weighted by molar-refractivity contribution is 0.371. The summed E-state index contributed by atoms with van der Waals surface area (Å²) < 4.78 is 5.49. The Labute approximate surface area is 140 Å². The Kier molecular flexibility index (Phi) is 3.98. The maximum atomic E-state index is 10.3. The maximum Gasteiger partial charge on any atom is 0.168 e. The summed E-state index contributed by atoms with van der Waals surface area (Å²) in [5.74, 6) is 0.778. The van der Waals surface area contributed by atoms with Crippen molar-refractivity contribution in [3.8, 4) is 22.6 Å². The molecule has 1 aliphatic carbocycles. The van der Waals surface area contributed by atoms with E-state index in [2.05, 4.69) is 5.32 Å². The van der Waals surface area contributed by atoms with Crippen molar-refractivity contribution in [1.82, 2.24) is 5.32 Å². The SMILES string of the molecule is COc1c(O)cc2c3c1-c1ccc(Cl)cc1CC3NCC2.Cl. The van der Waals surface area contributed by atoms with Crippen LogP contribution in [-0.4, -0.2) is 18.8 Å². The molecule has 4 rings (SSSR count). The first kappa shape index (κ1) is 15.5. The largest absolute Gasteiger partial charge is 0.504 e. The van der Waals surface area contributed by atoms with Crippen LogP contribution in [0.15, 0.2) is 24.3 Å². The Hall–Kier alpha value is -1.42. The summed E-state index contributed by atoms with van der Waals surface area (Å²) in [4.78, 5) is 0. The van der Waals surface area contributed by atoms with Crippen molar-refractivity contribution in [3.05, 3.63) is 46.0 Å². The van der Waals surface area contributed by atoms with Crippen molar-refractivity contribution < 1.29 is 9.84 Å². The highest BCUT2D eigenvalue weighted by Gasteiger charge is 2.33. The van der Waals surface area contributed by atoms with Crippen LogP contribution in [0, 0.1) is 0 Å². The van der Waals surface area contributed by atoms with Gasteiger partial charge in [0, 0.05) is 16.6 Å². The average Bonchev–Trinajstić information content (AvgIpc) is 2.47. The molecular formula is C17H17Cl2NO2. The summed E-state index contributed by atoms with van der Waals surface area (Å²) in [6, 6.07) is 8.06. The van der Waals surface area contributed by atoms with Gasteiger partial charge in [-0.2, -0.15) is 0 Å². The molecule has 0 spiro atoms. The number of hydrogen-bond donors (Lipinski definition) is 2. The lowest BCUT2D eigenvalue weighted by Crippen LogP contribution is -2.33. The molecule has 0 fully saturated rings. The standard InChI is InChI=1S/C17H16ClNO2.ClH/c1-21-17-14(20)8-9-4-5-19-13-7-10-6-11(18)2-3-12(10)16(17)15(9)13;/h2-3,6,8,13,19-20H,4-5,7H2,1H3;1H. The van der Waals surface area contributed by atoms with E-state index < -0.39 is 0 Å². The van der Waals surface area contributed by atoms with E-state index >= 15 is 0 Å². The van der Waals surface area contributed by atoms with E-state index in [0.717, 1.165) is 35.5 Å². The van der Waals surface area contributed by atoms with E-state index in [9.17, 15) is 5.11 Å². The Morgan fingerprint density at radius 3 is 2.86 bits per heavy atom. The van der Waals surface area contributed by atoms with Gasteiger partial charge in [0.25, 0.3) is 0 Å². The molecule has 0 bridgehead atoms. The fourth-order valence-corrected chi connectivity index (χ4v) is 3.85. The number of ether oxygens (including phenoxy) is 1. The number of methoxy groups -OCH3 is 1. The van der Waals surface area contributed by atoms with Gasteiger partial charge in [-0.15, -0.1) is 12.4 Å². The first-order valence-electron chi connectivity index (χ1n) is 7.14. The van der Waals surface area contributed by atoms with Gasteiger partial charge in [-0.05, 0) is 59.8 Å². The molecule has 0 aromatic heterocycles. The molecule has 5 heteroatoms. The molecule has 2 aliphatic rings. The predicted molar refractivity (Wildman–Crippen MR) is 90.5 cm³/mol. The highest BCUT2D eigenvalue weighted by Crippen LogP contribution is 2.50. The third-order valence-corrected chi connectivity index (χ3v) is 4.72. The minimum Gasteiger partial charge on any atom is -0.504 e. The predicted octanol–water partition coefficient (Wildman–Crippen LogP) is 3.89. The van der Waals surface area contributed by atoms with Crippen LogP contribution in [0.5, 0.6) is 11.5 Å². The summed E-state index contributed by atoms with van der Waals surface area (Å²) >= 11 is 6.14.